The molecule has 0 fully saturated rings. The molecule has 4 aromatic rings. The smallest absolute Gasteiger partial charge is 0.332 e. The third-order valence-corrected chi connectivity index (χ3v) is 5.88. The first-order chi connectivity index (χ1) is 16.8. The number of non-ortho nitro benzene ring substituents is 1. The van der Waals surface area contributed by atoms with Gasteiger partial charge in [0.1, 0.15) is 11.3 Å². The van der Waals surface area contributed by atoms with Crippen LogP contribution in [0.2, 0.25) is 0 Å². The first-order valence-electron chi connectivity index (χ1n) is 11.5. The van der Waals surface area contributed by atoms with Gasteiger partial charge in [0.25, 0.3) is 11.2 Å². The van der Waals surface area contributed by atoms with Crippen molar-refractivity contribution in [3.63, 3.8) is 0 Å². The minimum absolute atomic E-state index is 0.0144. The van der Waals surface area contributed by atoms with E-state index in [0.29, 0.717) is 42.8 Å². The Bertz CT molecular complexity index is 1440. The summed E-state index contributed by atoms with van der Waals surface area (Å²) in [6.07, 6.45) is 1.62. The summed E-state index contributed by atoms with van der Waals surface area (Å²) in [5.41, 5.74) is 1.77. The number of H-pyrrole nitrogens is 1. The van der Waals surface area contributed by atoms with E-state index in [2.05, 4.69) is 9.97 Å². The molecule has 35 heavy (non-hydrogen) atoms. The van der Waals surface area contributed by atoms with E-state index < -0.39 is 10.6 Å². The fourth-order valence-corrected chi connectivity index (χ4v) is 4.06. The molecule has 2 heterocycles. The van der Waals surface area contributed by atoms with Gasteiger partial charge in [-0.1, -0.05) is 42.5 Å². The van der Waals surface area contributed by atoms with Gasteiger partial charge in [0, 0.05) is 31.6 Å². The summed E-state index contributed by atoms with van der Waals surface area (Å²) in [7, 11) is 3.89. The molecule has 2 aromatic carbocycles. The lowest BCUT2D eigenvalue weighted by Gasteiger charge is -2.13. The maximum absolute atomic E-state index is 13.4. The van der Waals surface area contributed by atoms with Crippen LogP contribution in [0.25, 0.3) is 11.2 Å². The van der Waals surface area contributed by atoms with Crippen molar-refractivity contribution in [3.05, 3.63) is 103 Å². The van der Waals surface area contributed by atoms with Crippen LogP contribution in [-0.4, -0.2) is 49.6 Å². The molecule has 10 heteroatoms. The van der Waals surface area contributed by atoms with Crippen molar-refractivity contribution in [1.82, 2.24) is 24.0 Å². The number of benzene rings is 2. The Morgan fingerprint density at radius 3 is 2.34 bits per heavy atom. The normalized spacial score (nSPS) is 11.4. The SMILES string of the molecule is CN(C)CCCn1c(=O)c2[nH]c(Cc3ccccc3)nc2n(CCc2ccc([N+](=O)[O-])cc2)c1=O. The standard InChI is InChI=1S/C25H28N6O4/c1-28(2)14-6-15-30-24(32)22-23(27-21(26-22)17-19-7-4-3-5-8-19)29(25(30)33)16-13-18-9-11-20(12-10-18)31(34)35/h3-5,7-12H,6,13-17H2,1-2H3,(H,26,27). The summed E-state index contributed by atoms with van der Waals surface area (Å²) in [6.45, 7) is 1.34. The fraction of sp³-hybridized carbons (Fsp3) is 0.320. The number of hydrogen-bond acceptors (Lipinski definition) is 6. The Labute approximate surface area is 201 Å². The van der Waals surface area contributed by atoms with Crippen LogP contribution in [0.3, 0.4) is 0 Å². The maximum Gasteiger partial charge on any atom is 0.332 e. The molecule has 182 valence electrons. The molecule has 0 saturated heterocycles. The van der Waals surface area contributed by atoms with Crippen LogP contribution in [0.5, 0.6) is 0 Å². The largest absolute Gasteiger partial charge is 0.336 e. The van der Waals surface area contributed by atoms with Crippen molar-refractivity contribution in [2.24, 2.45) is 0 Å². The molecule has 0 saturated carbocycles. The molecule has 0 bridgehead atoms. The number of imidazole rings is 1. The van der Waals surface area contributed by atoms with Crippen LogP contribution < -0.4 is 11.2 Å². The summed E-state index contributed by atoms with van der Waals surface area (Å²) in [6, 6.07) is 16.0. The lowest BCUT2D eigenvalue weighted by molar-refractivity contribution is -0.384. The van der Waals surface area contributed by atoms with Crippen LogP contribution in [-0.2, 0) is 25.9 Å². The zero-order chi connectivity index (χ0) is 24.9. The average molecular weight is 477 g/mol. The van der Waals surface area contributed by atoms with Crippen LogP contribution in [0.15, 0.2) is 64.2 Å². The van der Waals surface area contributed by atoms with E-state index in [0.717, 1.165) is 17.7 Å². The Morgan fingerprint density at radius 1 is 0.971 bits per heavy atom. The van der Waals surface area contributed by atoms with Crippen LogP contribution >= 0.6 is 0 Å². The first kappa shape index (κ1) is 24.1. The van der Waals surface area contributed by atoms with Crippen molar-refractivity contribution in [3.8, 4) is 0 Å². The molecule has 0 aliphatic heterocycles. The quantitative estimate of drug-likeness (QED) is 0.278. The molecule has 0 amide bonds. The van der Waals surface area contributed by atoms with E-state index in [1.54, 1.807) is 12.1 Å². The predicted octanol–water partition coefficient (Wildman–Crippen LogP) is 2.58. The van der Waals surface area contributed by atoms with Crippen LogP contribution in [0.1, 0.15) is 23.4 Å². The number of hydrogen-bond donors (Lipinski definition) is 1. The number of fused-ring (bicyclic) bond motifs is 1. The molecular weight excluding hydrogens is 448 g/mol. The van der Waals surface area contributed by atoms with Crippen molar-refractivity contribution in [2.45, 2.75) is 32.4 Å². The first-order valence-corrected chi connectivity index (χ1v) is 11.5. The molecule has 0 aliphatic carbocycles. The highest BCUT2D eigenvalue weighted by Gasteiger charge is 2.18. The van der Waals surface area contributed by atoms with Crippen molar-refractivity contribution >= 4 is 16.9 Å². The van der Waals surface area contributed by atoms with Crippen LogP contribution in [0.4, 0.5) is 5.69 Å². The molecular formula is C25H28N6O4. The minimum atomic E-state index is -0.445. The Hall–Kier alpha value is -4.05. The number of aryl methyl sites for hydroxylation is 2. The van der Waals surface area contributed by atoms with Gasteiger partial charge in [-0.15, -0.1) is 0 Å². The highest BCUT2D eigenvalue weighted by atomic mass is 16.6. The summed E-state index contributed by atoms with van der Waals surface area (Å²) < 4.78 is 2.80. The van der Waals surface area contributed by atoms with Crippen molar-refractivity contribution in [1.29, 1.82) is 0 Å². The Morgan fingerprint density at radius 2 is 1.69 bits per heavy atom. The third-order valence-electron chi connectivity index (χ3n) is 5.88. The van der Waals surface area contributed by atoms with Gasteiger partial charge in [0.15, 0.2) is 5.65 Å². The van der Waals surface area contributed by atoms with Gasteiger partial charge in [-0.2, -0.15) is 0 Å². The van der Waals surface area contributed by atoms with E-state index in [9.17, 15) is 19.7 Å². The van der Waals surface area contributed by atoms with E-state index >= 15 is 0 Å². The maximum atomic E-state index is 13.4. The minimum Gasteiger partial charge on any atom is -0.336 e. The number of nitrogens with zero attached hydrogens (tertiary/aromatic N) is 5. The van der Waals surface area contributed by atoms with E-state index in [4.69, 9.17) is 0 Å². The lowest BCUT2D eigenvalue weighted by atomic mass is 10.1. The second kappa shape index (κ2) is 10.5. The van der Waals surface area contributed by atoms with Crippen molar-refractivity contribution < 1.29 is 4.92 Å². The number of aromatic amines is 1. The third kappa shape index (κ3) is 5.55. The molecule has 2 aromatic heterocycles. The number of rotatable bonds is 10. The molecule has 0 radical (unpaired) electrons. The number of nitro groups is 1. The Kier molecular flexibility index (Phi) is 7.21. The second-order valence-electron chi connectivity index (χ2n) is 8.77. The monoisotopic (exact) mass is 476 g/mol. The van der Waals surface area contributed by atoms with Gasteiger partial charge < -0.3 is 9.88 Å². The zero-order valence-corrected chi connectivity index (χ0v) is 19.8. The second-order valence-corrected chi connectivity index (χ2v) is 8.77. The molecule has 1 N–H and O–H groups in total. The van der Waals surface area contributed by atoms with Gasteiger partial charge >= 0.3 is 5.69 Å². The number of aromatic nitrogens is 4. The summed E-state index contributed by atoms with van der Waals surface area (Å²) in [5.74, 6) is 0.609. The van der Waals surface area contributed by atoms with Gasteiger partial charge in [-0.05, 0) is 44.6 Å². The molecule has 0 unspecified atom stereocenters. The molecule has 0 atom stereocenters. The van der Waals surface area contributed by atoms with Gasteiger partial charge in [0.05, 0.1) is 4.92 Å². The topological polar surface area (TPSA) is 119 Å². The molecule has 10 nitrogen and oxygen atoms in total. The summed E-state index contributed by atoms with van der Waals surface area (Å²) in [5, 5.41) is 10.9. The van der Waals surface area contributed by atoms with E-state index in [1.807, 2.05) is 49.3 Å². The highest BCUT2D eigenvalue weighted by molar-refractivity contribution is 5.70. The zero-order valence-electron chi connectivity index (χ0n) is 19.8. The lowest BCUT2D eigenvalue weighted by Crippen LogP contribution is -2.41. The predicted molar refractivity (Wildman–Crippen MR) is 134 cm³/mol. The van der Waals surface area contributed by atoms with Gasteiger partial charge in [-0.25, -0.2) is 9.78 Å². The Balaban J connectivity index is 1.71. The van der Waals surface area contributed by atoms with Gasteiger partial charge in [0.2, 0.25) is 0 Å². The molecule has 0 spiro atoms. The molecule has 4 rings (SSSR count). The van der Waals surface area contributed by atoms with E-state index in [-0.39, 0.29) is 17.8 Å². The highest BCUT2D eigenvalue weighted by Crippen LogP contribution is 2.14. The fourth-order valence-electron chi connectivity index (χ4n) is 4.06. The summed E-state index contributed by atoms with van der Waals surface area (Å²) >= 11 is 0. The van der Waals surface area contributed by atoms with E-state index in [1.165, 1.54) is 21.3 Å². The average Bonchev–Trinajstić information content (AvgIpc) is 3.25. The molecule has 0 aliphatic rings. The van der Waals surface area contributed by atoms with Crippen LogP contribution in [0, 0.1) is 10.1 Å². The number of nitrogens with one attached hydrogen (secondary N) is 1. The van der Waals surface area contributed by atoms with Crippen molar-refractivity contribution in [2.75, 3.05) is 20.6 Å². The summed E-state index contributed by atoms with van der Waals surface area (Å²) in [4.78, 5) is 46.9. The number of nitro benzene ring substituents is 1. The van der Waals surface area contributed by atoms with Gasteiger partial charge in [-0.3, -0.25) is 24.0 Å².